The van der Waals surface area contributed by atoms with Crippen molar-refractivity contribution in [2.45, 2.75) is 11.8 Å². The molecule has 0 aliphatic carbocycles. The molecule has 8 nitrogen and oxygen atoms in total. The summed E-state index contributed by atoms with van der Waals surface area (Å²) in [6, 6.07) is 13.9. The van der Waals surface area contributed by atoms with Gasteiger partial charge in [0.15, 0.2) is 0 Å². The maximum absolute atomic E-state index is 13.4. The van der Waals surface area contributed by atoms with Gasteiger partial charge in [-0.2, -0.15) is 0 Å². The first-order valence-electron chi connectivity index (χ1n) is 9.36. The standard InChI is InChI=1S/C21H18N4O4S/c1-13-2-3-15(12-22-13)14-4-7-20-19(10-14)25(8-9-29-20)30(27,28)16-5-6-17-18(11-16)24-21(26)23-17/h2-7,10-12H,8-9H2,1H3,(H2,23,24,26). The minimum atomic E-state index is -3.86. The van der Waals surface area contributed by atoms with E-state index in [1.807, 2.05) is 25.1 Å². The van der Waals surface area contributed by atoms with E-state index < -0.39 is 10.0 Å². The zero-order valence-corrected chi connectivity index (χ0v) is 16.9. The van der Waals surface area contributed by atoms with Gasteiger partial charge in [0.05, 0.1) is 28.2 Å². The third-order valence-corrected chi connectivity index (χ3v) is 6.91. The third kappa shape index (κ3) is 3.03. The number of aryl methyl sites for hydroxylation is 1. The van der Waals surface area contributed by atoms with Gasteiger partial charge in [0.1, 0.15) is 12.4 Å². The van der Waals surface area contributed by atoms with Crippen LogP contribution < -0.4 is 14.7 Å². The number of hydrogen-bond donors (Lipinski definition) is 2. The number of fused-ring (bicyclic) bond motifs is 2. The SMILES string of the molecule is Cc1ccc(-c2ccc3c(c2)N(S(=O)(=O)c2ccc4[nH]c(=O)[nH]c4c2)CCO3)cn1. The number of anilines is 1. The second-order valence-corrected chi connectivity index (χ2v) is 8.95. The molecule has 3 heterocycles. The van der Waals surface area contributed by atoms with Crippen molar-refractivity contribution in [3.05, 3.63) is 70.9 Å². The van der Waals surface area contributed by atoms with Gasteiger partial charge in [0.25, 0.3) is 10.0 Å². The van der Waals surface area contributed by atoms with Gasteiger partial charge < -0.3 is 14.7 Å². The van der Waals surface area contributed by atoms with Crippen LogP contribution in [0.1, 0.15) is 5.69 Å². The van der Waals surface area contributed by atoms with Gasteiger partial charge in [-0.1, -0.05) is 12.1 Å². The van der Waals surface area contributed by atoms with Crippen molar-refractivity contribution >= 4 is 26.7 Å². The molecule has 30 heavy (non-hydrogen) atoms. The molecule has 0 spiro atoms. The Hall–Kier alpha value is -3.59. The van der Waals surface area contributed by atoms with Crippen molar-refractivity contribution in [2.24, 2.45) is 0 Å². The highest BCUT2D eigenvalue weighted by Crippen LogP contribution is 2.38. The summed E-state index contributed by atoms with van der Waals surface area (Å²) in [6.45, 7) is 2.35. The van der Waals surface area contributed by atoms with Crippen LogP contribution in [0.5, 0.6) is 5.75 Å². The van der Waals surface area contributed by atoms with Crippen molar-refractivity contribution in [1.82, 2.24) is 15.0 Å². The van der Waals surface area contributed by atoms with Crippen LogP contribution in [0.4, 0.5) is 5.69 Å². The number of pyridine rings is 1. The molecule has 5 rings (SSSR count). The Bertz CT molecular complexity index is 1420. The van der Waals surface area contributed by atoms with E-state index in [-0.39, 0.29) is 23.7 Å². The van der Waals surface area contributed by atoms with E-state index in [2.05, 4.69) is 15.0 Å². The number of aromatic amines is 2. The van der Waals surface area contributed by atoms with Crippen molar-refractivity contribution in [1.29, 1.82) is 0 Å². The van der Waals surface area contributed by atoms with E-state index >= 15 is 0 Å². The molecule has 152 valence electrons. The van der Waals surface area contributed by atoms with Gasteiger partial charge in [0.2, 0.25) is 0 Å². The fourth-order valence-electron chi connectivity index (χ4n) is 3.56. The number of sulfonamides is 1. The summed E-state index contributed by atoms with van der Waals surface area (Å²) < 4.78 is 33.9. The van der Waals surface area contributed by atoms with Crippen molar-refractivity contribution in [3.63, 3.8) is 0 Å². The first-order valence-corrected chi connectivity index (χ1v) is 10.8. The highest BCUT2D eigenvalue weighted by molar-refractivity contribution is 7.92. The van der Waals surface area contributed by atoms with E-state index in [0.717, 1.165) is 16.8 Å². The number of rotatable bonds is 3. The lowest BCUT2D eigenvalue weighted by atomic mass is 10.1. The fourth-order valence-corrected chi connectivity index (χ4v) is 5.04. The largest absolute Gasteiger partial charge is 0.489 e. The number of nitrogens with one attached hydrogen (secondary N) is 2. The Kier molecular flexibility index (Phi) is 4.14. The summed E-state index contributed by atoms with van der Waals surface area (Å²) in [4.78, 5) is 21.2. The molecular weight excluding hydrogens is 404 g/mol. The number of H-pyrrole nitrogens is 2. The fraction of sp³-hybridized carbons (Fsp3) is 0.143. The van der Waals surface area contributed by atoms with Crippen LogP contribution in [-0.2, 0) is 10.0 Å². The summed E-state index contributed by atoms with van der Waals surface area (Å²) in [5.41, 5.74) is 3.72. The number of nitrogens with zero attached hydrogens (tertiary/aromatic N) is 2. The molecule has 2 N–H and O–H groups in total. The Morgan fingerprint density at radius 2 is 1.80 bits per heavy atom. The molecule has 0 saturated carbocycles. The summed E-state index contributed by atoms with van der Waals surface area (Å²) in [6.07, 6.45) is 1.76. The lowest BCUT2D eigenvalue weighted by Crippen LogP contribution is -2.37. The molecule has 0 saturated heterocycles. The molecule has 0 atom stereocenters. The van der Waals surface area contributed by atoms with Gasteiger partial charge in [-0.25, -0.2) is 13.2 Å². The molecule has 1 aliphatic heterocycles. The molecule has 9 heteroatoms. The van der Waals surface area contributed by atoms with Gasteiger partial charge in [-0.3, -0.25) is 9.29 Å². The normalized spacial score (nSPS) is 13.8. The van der Waals surface area contributed by atoms with Crippen molar-refractivity contribution < 1.29 is 13.2 Å². The summed E-state index contributed by atoms with van der Waals surface area (Å²) in [7, 11) is -3.86. The smallest absolute Gasteiger partial charge is 0.323 e. The molecule has 4 aromatic rings. The quantitative estimate of drug-likeness (QED) is 0.528. The Morgan fingerprint density at radius 1 is 1.00 bits per heavy atom. The van der Waals surface area contributed by atoms with Gasteiger partial charge in [0, 0.05) is 17.5 Å². The molecule has 0 bridgehead atoms. The second-order valence-electron chi connectivity index (χ2n) is 7.08. The summed E-state index contributed by atoms with van der Waals surface area (Å²) in [5, 5.41) is 0. The second kappa shape index (κ2) is 6.74. The van der Waals surface area contributed by atoms with Gasteiger partial charge in [-0.15, -0.1) is 0 Å². The average Bonchev–Trinajstić information content (AvgIpc) is 3.12. The van der Waals surface area contributed by atoms with E-state index in [0.29, 0.717) is 22.5 Å². The predicted molar refractivity (Wildman–Crippen MR) is 113 cm³/mol. The number of benzene rings is 2. The molecule has 0 unspecified atom stereocenters. The van der Waals surface area contributed by atoms with Crippen molar-refractivity contribution in [3.8, 4) is 16.9 Å². The summed E-state index contributed by atoms with van der Waals surface area (Å²) >= 11 is 0. The minimum Gasteiger partial charge on any atom is -0.489 e. The number of ether oxygens (including phenoxy) is 1. The molecule has 0 amide bonds. The molecule has 2 aromatic heterocycles. The molecule has 1 aliphatic rings. The van der Waals surface area contributed by atoms with Crippen LogP contribution in [-0.4, -0.2) is 36.5 Å². The van der Waals surface area contributed by atoms with E-state index in [9.17, 15) is 13.2 Å². The lowest BCUT2D eigenvalue weighted by Gasteiger charge is -2.31. The minimum absolute atomic E-state index is 0.0977. The molecule has 2 aromatic carbocycles. The molecular formula is C21H18N4O4S. The van der Waals surface area contributed by atoms with Crippen LogP contribution in [0.15, 0.2) is 64.4 Å². The first kappa shape index (κ1) is 18.4. The third-order valence-electron chi connectivity index (χ3n) is 5.10. The monoisotopic (exact) mass is 422 g/mol. The van der Waals surface area contributed by atoms with Gasteiger partial charge in [-0.05, 0) is 48.9 Å². The Balaban J connectivity index is 1.60. The van der Waals surface area contributed by atoms with Crippen LogP contribution in [0.3, 0.4) is 0 Å². The van der Waals surface area contributed by atoms with Crippen LogP contribution in [0.25, 0.3) is 22.2 Å². The van der Waals surface area contributed by atoms with Crippen LogP contribution in [0, 0.1) is 6.92 Å². The highest BCUT2D eigenvalue weighted by Gasteiger charge is 2.30. The Morgan fingerprint density at radius 3 is 2.60 bits per heavy atom. The topological polar surface area (TPSA) is 108 Å². The first-order chi connectivity index (χ1) is 14.4. The zero-order chi connectivity index (χ0) is 20.9. The van der Waals surface area contributed by atoms with Crippen molar-refractivity contribution in [2.75, 3.05) is 17.5 Å². The van der Waals surface area contributed by atoms with E-state index in [1.54, 1.807) is 24.4 Å². The van der Waals surface area contributed by atoms with Gasteiger partial charge >= 0.3 is 5.69 Å². The highest BCUT2D eigenvalue weighted by atomic mass is 32.2. The maximum Gasteiger partial charge on any atom is 0.323 e. The van der Waals surface area contributed by atoms with E-state index in [1.165, 1.54) is 16.4 Å². The maximum atomic E-state index is 13.4. The molecule has 0 fully saturated rings. The lowest BCUT2D eigenvalue weighted by molar-refractivity contribution is 0.316. The zero-order valence-electron chi connectivity index (χ0n) is 16.0. The van der Waals surface area contributed by atoms with Crippen LogP contribution in [0.2, 0.25) is 0 Å². The number of imidazole rings is 1. The average molecular weight is 422 g/mol. The number of hydrogen-bond acceptors (Lipinski definition) is 5. The number of aromatic nitrogens is 3. The predicted octanol–water partition coefficient (Wildman–Crippen LogP) is 2.81. The van der Waals surface area contributed by atoms with Crippen LogP contribution >= 0.6 is 0 Å². The Labute approximate surface area is 172 Å². The van der Waals surface area contributed by atoms with E-state index in [4.69, 9.17) is 4.74 Å². The molecule has 0 radical (unpaired) electrons. The summed E-state index contributed by atoms with van der Waals surface area (Å²) in [5.74, 6) is 0.504.